The molecule has 6 nitrogen and oxygen atoms in total. The standard InChI is InChI=1S/C29H38Cl2N4O2/c1-19(2)14-26(28(36)33-17-21-9-11-24(30)25(31)15-21)34-13-12-23(10-8-20-6-4-3-5-7-20)35-18-22(32)16-27(35)29(34)37/h3-7,9,11,15,19,22-23,26-27H,8,10,12-14,16-18,32H2,1-2H3,(H,33,36)/t22-,23?,26-,27+/m1/s1. The molecule has 4 rings (SSSR count). The number of carbonyl (C=O) groups is 2. The van der Waals surface area contributed by atoms with Crippen molar-refractivity contribution in [1.29, 1.82) is 0 Å². The van der Waals surface area contributed by atoms with Crippen molar-refractivity contribution in [2.24, 2.45) is 11.7 Å². The summed E-state index contributed by atoms with van der Waals surface area (Å²) >= 11 is 12.2. The monoisotopic (exact) mass is 544 g/mol. The van der Waals surface area contributed by atoms with Crippen LogP contribution in [0.15, 0.2) is 48.5 Å². The number of halogens is 2. The zero-order chi connectivity index (χ0) is 26.5. The van der Waals surface area contributed by atoms with Crippen LogP contribution in [0.1, 0.15) is 50.7 Å². The van der Waals surface area contributed by atoms with Gasteiger partial charge in [-0.2, -0.15) is 0 Å². The Morgan fingerprint density at radius 3 is 2.57 bits per heavy atom. The van der Waals surface area contributed by atoms with Gasteiger partial charge in [0.1, 0.15) is 6.04 Å². The lowest BCUT2D eigenvalue weighted by atomic mass is 9.99. The van der Waals surface area contributed by atoms with Gasteiger partial charge in [0.25, 0.3) is 0 Å². The van der Waals surface area contributed by atoms with Gasteiger partial charge in [-0.3, -0.25) is 14.5 Å². The van der Waals surface area contributed by atoms with Gasteiger partial charge >= 0.3 is 0 Å². The number of nitrogens with zero attached hydrogens (tertiary/aromatic N) is 2. The third-order valence-electron chi connectivity index (χ3n) is 7.55. The van der Waals surface area contributed by atoms with Crippen molar-refractivity contribution >= 4 is 35.0 Å². The van der Waals surface area contributed by atoms with E-state index in [9.17, 15) is 9.59 Å². The smallest absolute Gasteiger partial charge is 0.243 e. The minimum atomic E-state index is -0.526. The van der Waals surface area contributed by atoms with E-state index in [2.05, 4.69) is 48.3 Å². The highest BCUT2D eigenvalue weighted by molar-refractivity contribution is 6.42. The van der Waals surface area contributed by atoms with Crippen molar-refractivity contribution in [2.75, 3.05) is 13.1 Å². The molecular formula is C29H38Cl2N4O2. The van der Waals surface area contributed by atoms with Crippen molar-refractivity contribution in [3.8, 4) is 0 Å². The predicted octanol–water partition coefficient (Wildman–Crippen LogP) is 4.66. The Bertz CT molecular complexity index is 1080. The maximum atomic E-state index is 13.9. The summed E-state index contributed by atoms with van der Waals surface area (Å²) in [5, 5.41) is 3.97. The molecule has 1 unspecified atom stereocenters. The molecule has 2 aromatic rings. The fourth-order valence-corrected chi connectivity index (χ4v) is 5.99. The number of nitrogens with two attached hydrogens (primary N) is 1. The van der Waals surface area contributed by atoms with Gasteiger partial charge in [-0.1, -0.05) is 73.4 Å². The number of hydrogen-bond donors (Lipinski definition) is 2. The second-order valence-electron chi connectivity index (χ2n) is 10.8. The lowest BCUT2D eigenvalue weighted by molar-refractivity contribution is -0.143. The molecule has 2 amide bonds. The van der Waals surface area contributed by atoms with E-state index in [1.54, 1.807) is 12.1 Å². The van der Waals surface area contributed by atoms with Crippen molar-refractivity contribution in [1.82, 2.24) is 15.1 Å². The Balaban J connectivity index is 1.50. The van der Waals surface area contributed by atoms with E-state index in [1.165, 1.54) is 5.56 Å². The molecule has 0 aromatic heterocycles. The van der Waals surface area contributed by atoms with Crippen LogP contribution in [0.5, 0.6) is 0 Å². The molecule has 4 atom stereocenters. The number of aryl methyl sites for hydroxylation is 1. The molecular weight excluding hydrogens is 507 g/mol. The predicted molar refractivity (Wildman–Crippen MR) is 150 cm³/mol. The fourth-order valence-electron chi connectivity index (χ4n) is 5.67. The van der Waals surface area contributed by atoms with Crippen LogP contribution < -0.4 is 11.1 Å². The third kappa shape index (κ3) is 7.05. The van der Waals surface area contributed by atoms with E-state index in [0.717, 1.165) is 31.4 Å². The lowest BCUT2D eigenvalue weighted by Gasteiger charge is -2.33. The van der Waals surface area contributed by atoms with Gasteiger partial charge in [0, 0.05) is 31.7 Å². The number of benzene rings is 2. The second kappa shape index (κ2) is 12.6. The normalized spacial score (nSPS) is 23.1. The first-order chi connectivity index (χ1) is 17.7. The first-order valence-corrected chi connectivity index (χ1v) is 14.1. The van der Waals surface area contributed by atoms with Gasteiger partial charge < -0.3 is 16.0 Å². The summed E-state index contributed by atoms with van der Waals surface area (Å²) in [6.07, 6.45) is 3.99. The molecule has 0 aliphatic carbocycles. The molecule has 8 heteroatoms. The summed E-state index contributed by atoms with van der Waals surface area (Å²) in [6.45, 7) is 5.79. The van der Waals surface area contributed by atoms with Gasteiger partial charge in [-0.25, -0.2) is 0 Å². The molecule has 2 aromatic carbocycles. The summed E-state index contributed by atoms with van der Waals surface area (Å²) in [6, 6.07) is 15.2. The minimum Gasteiger partial charge on any atom is -0.350 e. The molecule has 2 saturated heterocycles. The summed E-state index contributed by atoms with van der Waals surface area (Å²) in [4.78, 5) is 31.6. The van der Waals surface area contributed by atoms with E-state index in [-0.39, 0.29) is 35.9 Å². The molecule has 2 heterocycles. The molecule has 2 aliphatic heterocycles. The number of rotatable bonds is 9. The second-order valence-corrected chi connectivity index (χ2v) is 11.6. The molecule has 3 N–H and O–H groups in total. The number of amides is 2. The zero-order valence-electron chi connectivity index (χ0n) is 21.7. The SMILES string of the molecule is CC(C)C[C@H](C(=O)NCc1ccc(Cl)c(Cl)c1)N1CCC(CCc2ccccc2)N2C[C@H](N)C[C@H]2C1=O. The van der Waals surface area contributed by atoms with Crippen molar-refractivity contribution < 1.29 is 9.59 Å². The number of hydrogen-bond acceptors (Lipinski definition) is 4. The quantitative estimate of drug-likeness (QED) is 0.481. The molecule has 0 bridgehead atoms. The van der Waals surface area contributed by atoms with Gasteiger partial charge in [0.2, 0.25) is 11.8 Å². The molecule has 0 radical (unpaired) electrons. The van der Waals surface area contributed by atoms with Gasteiger partial charge in [0.05, 0.1) is 16.1 Å². The fraction of sp³-hybridized carbons (Fsp3) is 0.517. The van der Waals surface area contributed by atoms with Crippen LogP contribution in [0.25, 0.3) is 0 Å². The highest BCUT2D eigenvalue weighted by Gasteiger charge is 2.45. The number of carbonyl (C=O) groups excluding carboxylic acids is 2. The zero-order valence-corrected chi connectivity index (χ0v) is 23.2. The average Bonchev–Trinajstić information content (AvgIpc) is 3.22. The molecule has 0 saturated carbocycles. The number of nitrogens with one attached hydrogen (secondary N) is 1. The maximum Gasteiger partial charge on any atom is 0.243 e. The first kappa shape index (κ1) is 27.9. The van der Waals surface area contributed by atoms with Gasteiger partial charge in [-0.05, 0) is 61.3 Å². The van der Waals surface area contributed by atoms with Crippen LogP contribution in [-0.2, 0) is 22.6 Å². The Labute approximate surface area is 230 Å². The van der Waals surface area contributed by atoms with Crippen LogP contribution in [0.3, 0.4) is 0 Å². The van der Waals surface area contributed by atoms with Crippen molar-refractivity contribution in [2.45, 2.75) is 76.7 Å². The summed E-state index contributed by atoms with van der Waals surface area (Å²) < 4.78 is 0. The van der Waals surface area contributed by atoms with Crippen molar-refractivity contribution in [3.05, 3.63) is 69.7 Å². The van der Waals surface area contributed by atoms with Crippen LogP contribution in [0.4, 0.5) is 0 Å². The maximum absolute atomic E-state index is 13.9. The highest BCUT2D eigenvalue weighted by Crippen LogP contribution is 2.30. The van der Waals surface area contributed by atoms with Crippen LogP contribution in [-0.4, -0.2) is 58.9 Å². The van der Waals surface area contributed by atoms with E-state index in [0.29, 0.717) is 36.0 Å². The van der Waals surface area contributed by atoms with Gasteiger partial charge in [0.15, 0.2) is 0 Å². The molecule has 2 fully saturated rings. The first-order valence-electron chi connectivity index (χ1n) is 13.3. The molecule has 37 heavy (non-hydrogen) atoms. The van der Waals surface area contributed by atoms with Crippen LogP contribution in [0.2, 0.25) is 10.0 Å². The van der Waals surface area contributed by atoms with Crippen molar-refractivity contribution in [3.63, 3.8) is 0 Å². The Morgan fingerprint density at radius 1 is 1.11 bits per heavy atom. The lowest BCUT2D eigenvalue weighted by Crippen LogP contribution is -2.53. The Morgan fingerprint density at radius 2 is 1.86 bits per heavy atom. The molecule has 2 aliphatic rings. The summed E-state index contributed by atoms with van der Waals surface area (Å²) in [5.41, 5.74) is 8.53. The van der Waals surface area contributed by atoms with E-state index >= 15 is 0 Å². The summed E-state index contributed by atoms with van der Waals surface area (Å²) in [7, 11) is 0. The molecule has 0 spiro atoms. The average molecular weight is 546 g/mol. The highest BCUT2D eigenvalue weighted by atomic mass is 35.5. The van der Waals surface area contributed by atoms with E-state index in [1.807, 2.05) is 17.0 Å². The van der Waals surface area contributed by atoms with Crippen LogP contribution >= 0.6 is 23.2 Å². The molecule has 200 valence electrons. The Hall–Kier alpha value is -2.12. The minimum absolute atomic E-state index is 0.0276. The largest absolute Gasteiger partial charge is 0.350 e. The Kier molecular flexibility index (Phi) is 9.51. The summed E-state index contributed by atoms with van der Waals surface area (Å²) in [5.74, 6) is 0.155. The van der Waals surface area contributed by atoms with E-state index < -0.39 is 6.04 Å². The van der Waals surface area contributed by atoms with Gasteiger partial charge in [-0.15, -0.1) is 0 Å². The topological polar surface area (TPSA) is 78.7 Å². The van der Waals surface area contributed by atoms with Crippen LogP contribution in [0, 0.1) is 5.92 Å². The number of fused-ring (bicyclic) bond motifs is 1. The van der Waals surface area contributed by atoms with E-state index in [4.69, 9.17) is 28.9 Å². The third-order valence-corrected chi connectivity index (χ3v) is 8.28.